The van der Waals surface area contributed by atoms with Crippen LogP contribution in [0, 0.1) is 0 Å². The van der Waals surface area contributed by atoms with Crippen molar-refractivity contribution in [2.75, 3.05) is 18.4 Å². The van der Waals surface area contributed by atoms with Crippen LogP contribution in [-0.2, 0) is 7.05 Å². The van der Waals surface area contributed by atoms with Gasteiger partial charge in [-0.2, -0.15) is 5.10 Å². The topological polar surface area (TPSA) is 54.8 Å². The van der Waals surface area contributed by atoms with E-state index in [0.29, 0.717) is 6.04 Å². The van der Waals surface area contributed by atoms with Crippen molar-refractivity contribution in [3.63, 3.8) is 0 Å². The van der Waals surface area contributed by atoms with Crippen molar-refractivity contribution in [1.29, 1.82) is 0 Å². The van der Waals surface area contributed by atoms with E-state index in [2.05, 4.69) is 26.8 Å². The van der Waals surface area contributed by atoms with Gasteiger partial charge in [-0.3, -0.25) is 4.68 Å². The zero-order chi connectivity index (χ0) is 11.0. The Hall–Kier alpha value is -1.62. The summed E-state index contributed by atoms with van der Waals surface area (Å²) in [6, 6.07) is 2.55. The van der Waals surface area contributed by atoms with E-state index in [1.54, 1.807) is 0 Å². The van der Waals surface area contributed by atoms with E-state index in [-0.39, 0.29) is 0 Å². The molecular weight excluding hydrogens is 202 g/mol. The molecule has 2 aromatic rings. The van der Waals surface area contributed by atoms with Gasteiger partial charge in [0.1, 0.15) is 5.82 Å². The van der Waals surface area contributed by atoms with Gasteiger partial charge in [0.05, 0.1) is 11.7 Å². The van der Waals surface area contributed by atoms with E-state index in [4.69, 9.17) is 0 Å². The van der Waals surface area contributed by atoms with Gasteiger partial charge < -0.3 is 10.6 Å². The first kappa shape index (κ1) is 9.59. The van der Waals surface area contributed by atoms with Gasteiger partial charge in [0.25, 0.3) is 0 Å². The lowest BCUT2D eigenvalue weighted by Gasteiger charge is -2.11. The molecule has 0 aromatic carbocycles. The lowest BCUT2D eigenvalue weighted by Crippen LogP contribution is -2.22. The maximum Gasteiger partial charge on any atom is 0.128 e. The Balaban J connectivity index is 1.88. The number of hydrogen-bond acceptors (Lipinski definition) is 4. The Labute approximate surface area is 93.9 Å². The van der Waals surface area contributed by atoms with E-state index in [0.717, 1.165) is 36.2 Å². The molecule has 1 aliphatic rings. The van der Waals surface area contributed by atoms with Crippen LogP contribution in [0.15, 0.2) is 18.5 Å². The smallest absolute Gasteiger partial charge is 0.128 e. The van der Waals surface area contributed by atoms with Crippen LogP contribution in [0.4, 0.5) is 5.82 Å². The van der Waals surface area contributed by atoms with Crippen LogP contribution >= 0.6 is 0 Å². The summed E-state index contributed by atoms with van der Waals surface area (Å²) in [5.41, 5.74) is 1.11. The number of anilines is 1. The minimum atomic E-state index is 0.498. The zero-order valence-electron chi connectivity index (χ0n) is 9.27. The molecule has 2 N–H and O–H groups in total. The largest absolute Gasteiger partial charge is 0.366 e. The Kier molecular flexibility index (Phi) is 2.25. The fraction of sp³-hybridized carbons (Fsp3) is 0.455. The van der Waals surface area contributed by atoms with Crippen LogP contribution in [0.25, 0.3) is 10.9 Å². The fourth-order valence-electron chi connectivity index (χ4n) is 2.11. The molecule has 3 rings (SSSR count). The highest BCUT2D eigenvalue weighted by atomic mass is 15.2. The van der Waals surface area contributed by atoms with Gasteiger partial charge in [-0.1, -0.05) is 0 Å². The third-order valence-corrected chi connectivity index (χ3v) is 3.04. The maximum absolute atomic E-state index is 4.39. The summed E-state index contributed by atoms with van der Waals surface area (Å²) >= 11 is 0. The molecule has 0 saturated carbocycles. The summed E-state index contributed by atoms with van der Waals surface area (Å²) in [6.45, 7) is 2.11. The lowest BCUT2D eigenvalue weighted by molar-refractivity contribution is 0.785. The molecule has 1 aliphatic heterocycles. The summed E-state index contributed by atoms with van der Waals surface area (Å²) in [5.74, 6) is 0.935. The van der Waals surface area contributed by atoms with Gasteiger partial charge in [-0.15, -0.1) is 0 Å². The van der Waals surface area contributed by atoms with Crippen molar-refractivity contribution in [2.24, 2.45) is 7.05 Å². The average molecular weight is 217 g/mol. The summed E-state index contributed by atoms with van der Waals surface area (Å²) < 4.78 is 1.87. The molecule has 5 nitrogen and oxygen atoms in total. The van der Waals surface area contributed by atoms with E-state index in [1.165, 1.54) is 0 Å². The zero-order valence-corrected chi connectivity index (χ0v) is 9.27. The number of fused-ring (bicyclic) bond motifs is 1. The van der Waals surface area contributed by atoms with Gasteiger partial charge >= 0.3 is 0 Å². The average Bonchev–Trinajstić information content (AvgIpc) is 2.90. The van der Waals surface area contributed by atoms with Crippen LogP contribution in [0.1, 0.15) is 6.42 Å². The van der Waals surface area contributed by atoms with Gasteiger partial charge in [0.15, 0.2) is 0 Å². The summed E-state index contributed by atoms with van der Waals surface area (Å²) in [4.78, 5) is 4.39. The first-order chi connectivity index (χ1) is 7.83. The molecule has 0 bridgehead atoms. The molecule has 3 heterocycles. The van der Waals surface area contributed by atoms with Gasteiger partial charge in [0.2, 0.25) is 0 Å². The number of nitrogens with zero attached hydrogens (tertiary/aromatic N) is 3. The Bertz CT molecular complexity index is 498. The Morgan fingerprint density at radius 3 is 3.25 bits per heavy atom. The monoisotopic (exact) mass is 217 g/mol. The number of nitrogens with one attached hydrogen (secondary N) is 2. The second-order valence-corrected chi connectivity index (χ2v) is 4.23. The van der Waals surface area contributed by atoms with E-state index < -0.39 is 0 Å². The molecule has 1 fully saturated rings. The van der Waals surface area contributed by atoms with Crippen molar-refractivity contribution in [3.8, 4) is 0 Å². The molecule has 0 radical (unpaired) electrons. The highest BCUT2D eigenvalue weighted by molar-refractivity contribution is 5.80. The van der Waals surface area contributed by atoms with E-state index in [1.807, 2.05) is 24.1 Å². The minimum absolute atomic E-state index is 0.498. The first-order valence-electron chi connectivity index (χ1n) is 5.58. The first-order valence-corrected chi connectivity index (χ1v) is 5.58. The van der Waals surface area contributed by atoms with E-state index in [9.17, 15) is 0 Å². The summed E-state index contributed by atoms with van der Waals surface area (Å²) in [6.07, 6.45) is 4.86. The highest BCUT2D eigenvalue weighted by Crippen LogP contribution is 2.16. The van der Waals surface area contributed by atoms with Crippen LogP contribution < -0.4 is 10.6 Å². The van der Waals surface area contributed by atoms with Crippen LogP contribution in [0.2, 0.25) is 0 Å². The Morgan fingerprint density at radius 1 is 1.50 bits per heavy atom. The van der Waals surface area contributed by atoms with Crippen LogP contribution in [-0.4, -0.2) is 33.9 Å². The predicted molar refractivity (Wildman–Crippen MR) is 63.4 cm³/mol. The SMILES string of the molecule is Cn1ncc2cnc(NC3CCNC3)cc21. The Morgan fingerprint density at radius 2 is 2.44 bits per heavy atom. The van der Waals surface area contributed by atoms with Gasteiger partial charge in [0, 0.05) is 37.3 Å². The fourth-order valence-corrected chi connectivity index (χ4v) is 2.11. The lowest BCUT2D eigenvalue weighted by atomic mass is 10.2. The molecule has 84 valence electrons. The highest BCUT2D eigenvalue weighted by Gasteiger charge is 2.14. The van der Waals surface area contributed by atoms with Crippen molar-refractivity contribution < 1.29 is 0 Å². The third-order valence-electron chi connectivity index (χ3n) is 3.04. The second kappa shape index (κ2) is 3.75. The van der Waals surface area contributed by atoms with Gasteiger partial charge in [-0.05, 0) is 13.0 Å². The molecule has 1 unspecified atom stereocenters. The summed E-state index contributed by atoms with van der Waals surface area (Å²) in [5, 5.41) is 12.0. The number of aromatic nitrogens is 3. The minimum Gasteiger partial charge on any atom is -0.366 e. The van der Waals surface area contributed by atoms with Crippen molar-refractivity contribution in [3.05, 3.63) is 18.5 Å². The predicted octanol–water partition coefficient (Wildman–Crippen LogP) is 0.742. The molecule has 0 spiro atoms. The van der Waals surface area contributed by atoms with Crippen molar-refractivity contribution in [1.82, 2.24) is 20.1 Å². The number of pyridine rings is 1. The number of rotatable bonds is 2. The van der Waals surface area contributed by atoms with Crippen molar-refractivity contribution in [2.45, 2.75) is 12.5 Å². The quantitative estimate of drug-likeness (QED) is 0.779. The van der Waals surface area contributed by atoms with Crippen LogP contribution in [0.5, 0.6) is 0 Å². The maximum atomic E-state index is 4.39. The van der Waals surface area contributed by atoms with Crippen molar-refractivity contribution >= 4 is 16.7 Å². The molecule has 1 saturated heterocycles. The molecule has 1 atom stereocenters. The molecule has 0 amide bonds. The number of hydrogen-bond donors (Lipinski definition) is 2. The standard InChI is InChI=1S/C11H15N5/c1-16-10-4-11(13-5-8(10)6-14-16)15-9-2-3-12-7-9/h4-6,9,12H,2-3,7H2,1H3,(H,13,15). The molecule has 0 aliphatic carbocycles. The van der Waals surface area contributed by atoms with Crippen LogP contribution in [0.3, 0.4) is 0 Å². The third kappa shape index (κ3) is 1.63. The second-order valence-electron chi connectivity index (χ2n) is 4.23. The molecule has 5 heteroatoms. The summed E-state index contributed by atoms with van der Waals surface area (Å²) in [7, 11) is 1.95. The normalized spacial score (nSPS) is 20.4. The molecular formula is C11H15N5. The molecule has 2 aromatic heterocycles. The molecule has 16 heavy (non-hydrogen) atoms. The van der Waals surface area contributed by atoms with E-state index >= 15 is 0 Å². The van der Waals surface area contributed by atoms with Gasteiger partial charge in [-0.25, -0.2) is 4.98 Å². The number of aryl methyl sites for hydroxylation is 1.